The highest BCUT2D eigenvalue weighted by Crippen LogP contribution is 2.25. The third kappa shape index (κ3) is 3.96. The van der Waals surface area contributed by atoms with Crippen LogP contribution in [0, 0.1) is 6.92 Å². The van der Waals surface area contributed by atoms with E-state index >= 15 is 0 Å². The van der Waals surface area contributed by atoms with Gasteiger partial charge in [0.1, 0.15) is 5.54 Å². The number of halogens is 1. The molecular weight excluding hydrogens is 324 g/mol. The summed E-state index contributed by atoms with van der Waals surface area (Å²) in [6, 6.07) is 4.94. The molecule has 3 N–H and O–H groups in total. The van der Waals surface area contributed by atoms with Crippen molar-refractivity contribution < 1.29 is 14.7 Å². The quantitative estimate of drug-likeness (QED) is 0.765. The SMILES string of the molecule is CCCC(C)(NC(=O)Nc1cccc(C)c1Br)C(=O)O. The molecule has 0 saturated heterocycles. The maximum absolute atomic E-state index is 12.0. The first kappa shape index (κ1) is 16.5. The number of aryl methyl sites for hydroxylation is 1. The molecule has 6 heteroatoms. The van der Waals surface area contributed by atoms with Gasteiger partial charge in [0.2, 0.25) is 0 Å². The van der Waals surface area contributed by atoms with Crippen LogP contribution < -0.4 is 10.6 Å². The Morgan fingerprint density at radius 2 is 2.05 bits per heavy atom. The van der Waals surface area contributed by atoms with Crippen molar-refractivity contribution in [1.82, 2.24) is 5.32 Å². The van der Waals surface area contributed by atoms with Crippen molar-refractivity contribution in [1.29, 1.82) is 0 Å². The normalized spacial score (nSPS) is 13.4. The van der Waals surface area contributed by atoms with E-state index in [2.05, 4.69) is 26.6 Å². The number of carbonyl (C=O) groups is 2. The Labute approximate surface area is 126 Å². The molecule has 5 nitrogen and oxygen atoms in total. The summed E-state index contributed by atoms with van der Waals surface area (Å²) >= 11 is 3.39. The molecule has 2 amide bonds. The number of benzene rings is 1. The number of hydrogen-bond donors (Lipinski definition) is 3. The number of aliphatic carboxylic acids is 1. The van der Waals surface area contributed by atoms with Crippen LogP contribution in [0.1, 0.15) is 32.3 Å². The number of rotatable bonds is 5. The average molecular weight is 343 g/mol. The van der Waals surface area contributed by atoms with Crippen LogP contribution in [0.4, 0.5) is 10.5 Å². The van der Waals surface area contributed by atoms with Gasteiger partial charge in [-0.25, -0.2) is 9.59 Å². The summed E-state index contributed by atoms with van der Waals surface area (Å²) in [5, 5.41) is 14.4. The van der Waals surface area contributed by atoms with Crippen LogP contribution >= 0.6 is 15.9 Å². The number of carboxylic acids is 1. The van der Waals surface area contributed by atoms with Crippen molar-refractivity contribution in [3.05, 3.63) is 28.2 Å². The van der Waals surface area contributed by atoms with Crippen molar-refractivity contribution in [2.24, 2.45) is 0 Å². The average Bonchev–Trinajstić information content (AvgIpc) is 2.35. The maximum Gasteiger partial charge on any atom is 0.329 e. The first-order valence-corrected chi connectivity index (χ1v) is 7.17. The molecule has 1 aromatic carbocycles. The summed E-state index contributed by atoms with van der Waals surface area (Å²) in [5.74, 6) is -1.04. The van der Waals surface area contributed by atoms with Gasteiger partial charge in [-0.05, 0) is 47.8 Å². The smallest absolute Gasteiger partial charge is 0.329 e. The van der Waals surface area contributed by atoms with Crippen molar-refractivity contribution >= 4 is 33.6 Å². The second-order valence-corrected chi connectivity index (χ2v) is 5.70. The van der Waals surface area contributed by atoms with E-state index in [9.17, 15) is 14.7 Å². The fraction of sp³-hybridized carbons (Fsp3) is 0.429. The highest BCUT2D eigenvalue weighted by molar-refractivity contribution is 9.10. The molecule has 0 aliphatic carbocycles. The molecular formula is C14H19BrN2O3. The fourth-order valence-electron chi connectivity index (χ4n) is 1.87. The van der Waals surface area contributed by atoms with Gasteiger partial charge in [0.25, 0.3) is 0 Å². The molecule has 0 aliphatic rings. The Morgan fingerprint density at radius 3 is 2.60 bits per heavy atom. The monoisotopic (exact) mass is 342 g/mol. The highest BCUT2D eigenvalue weighted by atomic mass is 79.9. The molecule has 20 heavy (non-hydrogen) atoms. The zero-order chi connectivity index (χ0) is 15.3. The number of nitrogens with one attached hydrogen (secondary N) is 2. The van der Waals surface area contributed by atoms with Crippen LogP contribution in [0.25, 0.3) is 0 Å². The minimum absolute atomic E-state index is 0.366. The van der Waals surface area contributed by atoms with Gasteiger partial charge < -0.3 is 15.7 Å². The molecule has 1 aromatic rings. The van der Waals surface area contributed by atoms with Crippen LogP contribution in [-0.4, -0.2) is 22.6 Å². The van der Waals surface area contributed by atoms with E-state index in [1.54, 1.807) is 6.07 Å². The molecule has 0 heterocycles. The molecule has 1 atom stereocenters. The molecule has 0 aliphatic heterocycles. The van der Waals surface area contributed by atoms with E-state index in [4.69, 9.17) is 0 Å². The highest BCUT2D eigenvalue weighted by Gasteiger charge is 2.33. The van der Waals surface area contributed by atoms with Gasteiger partial charge in [0, 0.05) is 4.47 Å². The van der Waals surface area contributed by atoms with Crippen molar-refractivity contribution in [3.8, 4) is 0 Å². The predicted octanol–water partition coefficient (Wildman–Crippen LogP) is 3.52. The van der Waals surface area contributed by atoms with Crippen LogP contribution in [0.15, 0.2) is 22.7 Å². The third-order valence-electron chi connectivity index (χ3n) is 3.05. The largest absolute Gasteiger partial charge is 0.480 e. The van der Waals surface area contributed by atoms with Crippen molar-refractivity contribution in [2.45, 2.75) is 39.2 Å². The van der Waals surface area contributed by atoms with Gasteiger partial charge >= 0.3 is 12.0 Å². The number of amides is 2. The maximum atomic E-state index is 12.0. The molecule has 0 fully saturated rings. The molecule has 0 radical (unpaired) electrons. The first-order valence-electron chi connectivity index (χ1n) is 6.38. The Hall–Kier alpha value is -1.56. The molecule has 0 aromatic heterocycles. The van der Waals surface area contributed by atoms with E-state index in [0.29, 0.717) is 18.5 Å². The summed E-state index contributed by atoms with van der Waals surface area (Å²) in [6.07, 6.45) is 1.03. The van der Waals surface area contributed by atoms with Gasteiger partial charge in [-0.15, -0.1) is 0 Å². The fourth-order valence-corrected chi connectivity index (χ4v) is 2.23. The Bertz CT molecular complexity index is 519. The lowest BCUT2D eigenvalue weighted by Gasteiger charge is -2.26. The summed E-state index contributed by atoms with van der Waals surface area (Å²) in [4.78, 5) is 23.2. The van der Waals surface area contributed by atoms with E-state index < -0.39 is 17.5 Å². The van der Waals surface area contributed by atoms with E-state index in [1.807, 2.05) is 26.0 Å². The molecule has 0 spiro atoms. The molecule has 0 bridgehead atoms. The lowest BCUT2D eigenvalue weighted by Crippen LogP contribution is -2.53. The van der Waals surface area contributed by atoms with Crippen molar-refractivity contribution in [3.63, 3.8) is 0 Å². The third-order valence-corrected chi connectivity index (χ3v) is 4.10. The number of urea groups is 1. The van der Waals surface area contributed by atoms with E-state index in [-0.39, 0.29) is 0 Å². The van der Waals surface area contributed by atoms with Gasteiger partial charge in [-0.1, -0.05) is 25.5 Å². The summed E-state index contributed by atoms with van der Waals surface area (Å²) in [5.41, 5.74) is 0.318. The van der Waals surface area contributed by atoms with Crippen molar-refractivity contribution in [2.75, 3.05) is 5.32 Å². The summed E-state index contributed by atoms with van der Waals surface area (Å²) < 4.78 is 0.780. The number of hydrogen-bond acceptors (Lipinski definition) is 2. The molecule has 110 valence electrons. The van der Waals surface area contributed by atoms with E-state index in [1.165, 1.54) is 6.92 Å². The zero-order valence-electron chi connectivity index (χ0n) is 11.8. The number of anilines is 1. The second-order valence-electron chi connectivity index (χ2n) is 4.90. The van der Waals surface area contributed by atoms with Crippen LogP contribution in [0.2, 0.25) is 0 Å². The van der Waals surface area contributed by atoms with Crippen LogP contribution in [-0.2, 0) is 4.79 Å². The van der Waals surface area contributed by atoms with Gasteiger partial charge in [-0.3, -0.25) is 0 Å². The molecule has 0 saturated carbocycles. The summed E-state index contributed by atoms with van der Waals surface area (Å²) in [6.45, 7) is 5.28. The standard InChI is InChI=1S/C14H19BrN2O3/c1-4-8-14(3,12(18)19)17-13(20)16-10-7-5-6-9(2)11(10)15/h5-7H,4,8H2,1-3H3,(H,18,19)(H2,16,17,20). The predicted molar refractivity (Wildman–Crippen MR) is 82.0 cm³/mol. The molecule has 1 unspecified atom stereocenters. The Morgan fingerprint density at radius 1 is 1.40 bits per heavy atom. The minimum Gasteiger partial charge on any atom is -0.480 e. The van der Waals surface area contributed by atoms with Gasteiger partial charge in [-0.2, -0.15) is 0 Å². The summed E-state index contributed by atoms with van der Waals surface area (Å²) in [7, 11) is 0. The second kappa shape index (κ2) is 6.74. The Kier molecular flexibility index (Phi) is 5.56. The minimum atomic E-state index is -1.27. The van der Waals surface area contributed by atoms with Crippen LogP contribution in [0.3, 0.4) is 0 Å². The zero-order valence-corrected chi connectivity index (χ0v) is 13.4. The van der Waals surface area contributed by atoms with Crippen LogP contribution in [0.5, 0.6) is 0 Å². The van der Waals surface area contributed by atoms with Gasteiger partial charge in [0.15, 0.2) is 0 Å². The lowest BCUT2D eigenvalue weighted by atomic mass is 9.97. The lowest BCUT2D eigenvalue weighted by molar-refractivity contribution is -0.143. The first-order chi connectivity index (χ1) is 9.30. The topological polar surface area (TPSA) is 78.4 Å². The molecule has 1 rings (SSSR count). The van der Waals surface area contributed by atoms with E-state index in [0.717, 1.165) is 10.0 Å². The van der Waals surface area contributed by atoms with Gasteiger partial charge in [0.05, 0.1) is 5.69 Å². The Balaban J connectivity index is 2.81. The number of carboxylic acid groups (broad SMARTS) is 1. The number of carbonyl (C=O) groups excluding carboxylic acids is 1.